The van der Waals surface area contributed by atoms with Crippen molar-refractivity contribution in [1.29, 1.82) is 0 Å². The second-order valence-corrected chi connectivity index (χ2v) is 10.5. The molecule has 2 amide bonds. The Balaban J connectivity index is 1.40. The molecule has 1 N–H and O–H groups in total. The number of hydrogen-bond donors (Lipinski definition) is 1. The van der Waals surface area contributed by atoms with Crippen molar-refractivity contribution in [3.63, 3.8) is 0 Å². The standard InChI is InChI=1S/C25H19F3N2O7S/c26-25(27,28)37-17-8-6-16(7-9-17)29-23(31)13-30-18-3-1-2-4-21(18)38(33,34)22(12-24(30)32)15-5-10-19-20(11-15)36-14-35-19/h1-11,22H,12-14H2,(H,29,31). The number of rotatable bonds is 5. The van der Waals surface area contributed by atoms with Gasteiger partial charge in [-0.2, -0.15) is 0 Å². The molecule has 0 spiro atoms. The zero-order valence-corrected chi connectivity index (χ0v) is 20.2. The van der Waals surface area contributed by atoms with E-state index in [1.165, 1.54) is 36.4 Å². The van der Waals surface area contributed by atoms with Crippen molar-refractivity contribution in [2.75, 3.05) is 23.6 Å². The van der Waals surface area contributed by atoms with Crippen molar-refractivity contribution in [2.45, 2.75) is 22.9 Å². The van der Waals surface area contributed by atoms with Gasteiger partial charge in [0.05, 0.1) is 15.8 Å². The molecule has 198 valence electrons. The number of carbonyl (C=O) groups excluding carboxylic acids is 2. The molecular formula is C25H19F3N2O7S. The minimum absolute atomic E-state index is 0.00105. The topological polar surface area (TPSA) is 111 Å². The van der Waals surface area contributed by atoms with Crippen LogP contribution >= 0.6 is 0 Å². The third kappa shape index (κ3) is 5.09. The number of sulfone groups is 1. The molecule has 1 atom stereocenters. The summed E-state index contributed by atoms with van der Waals surface area (Å²) in [5.41, 5.74) is 0.542. The number of anilines is 2. The molecule has 3 aromatic carbocycles. The molecule has 1 unspecified atom stereocenters. The van der Waals surface area contributed by atoms with E-state index in [0.29, 0.717) is 17.1 Å². The summed E-state index contributed by atoms with van der Waals surface area (Å²) in [7, 11) is -4.07. The molecule has 0 aliphatic carbocycles. The molecule has 0 bridgehead atoms. The van der Waals surface area contributed by atoms with Gasteiger partial charge in [0, 0.05) is 12.1 Å². The number of hydrogen-bond acceptors (Lipinski definition) is 7. The summed E-state index contributed by atoms with van der Waals surface area (Å²) in [5, 5.41) is 1.26. The van der Waals surface area contributed by atoms with Crippen LogP contribution in [0.5, 0.6) is 17.2 Å². The minimum atomic E-state index is -4.86. The molecule has 0 aromatic heterocycles. The van der Waals surface area contributed by atoms with Gasteiger partial charge < -0.3 is 24.4 Å². The van der Waals surface area contributed by atoms with Crippen LogP contribution in [0.4, 0.5) is 24.5 Å². The Labute approximate surface area is 214 Å². The first kappa shape index (κ1) is 25.4. The molecule has 3 aromatic rings. The maximum Gasteiger partial charge on any atom is 0.573 e. The Hall–Kier alpha value is -4.26. The van der Waals surface area contributed by atoms with E-state index in [1.807, 2.05) is 0 Å². The van der Waals surface area contributed by atoms with E-state index in [0.717, 1.165) is 17.0 Å². The van der Waals surface area contributed by atoms with Crippen LogP contribution in [-0.4, -0.2) is 39.9 Å². The number of carbonyl (C=O) groups is 2. The third-order valence-corrected chi connectivity index (χ3v) is 8.09. The number of nitrogens with zero attached hydrogens (tertiary/aromatic N) is 1. The van der Waals surface area contributed by atoms with E-state index in [4.69, 9.17) is 9.47 Å². The summed E-state index contributed by atoms with van der Waals surface area (Å²) in [6.45, 7) is -0.529. The van der Waals surface area contributed by atoms with Crippen LogP contribution in [0.1, 0.15) is 17.2 Å². The second kappa shape index (κ2) is 9.56. The van der Waals surface area contributed by atoms with Gasteiger partial charge in [-0.05, 0) is 54.1 Å². The van der Waals surface area contributed by atoms with Crippen molar-refractivity contribution in [1.82, 2.24) is 0 Å². The van der Waals surface area contributed by atoms with Gasteiger partial charge in [0.15, 0.2) is 21.3 Å². The van der Waals surface area contributed by atoms with Gasteiger partial charge in [0.25, 0.3) is 0 Å². The van der Waals surface area contributed by atoms with E-state index in [1.54, 1.807) is 18.2 Å². The lowest BCUT2D eigenvalue weighted by atomic mass is 10.1. The highest BCUT2D eigenvalue weighted by atomic mass is 32.2. The molecule has 0 saturated carbocycles. The summed E-state index contributed by atoms with van der Waals surface area (Å²) in [4.78, 5) is 27.1. The van der Waals surface area contributed by atoms with Gasteiger partial charge in [0.2, 0.25) is 18.6 Å². The zero-order chi connectivity index (χ0) is 27.1. The van der Waals surface area contributed by atoms with Crippen LogP contribution in [0, 0.1) is 0 Å². The summed E-state index contributed by atoms with van der Waals surface area (Å²) in [5.74, 6) is -0.929. The molecule has 13 heteroatoms. The van der Waals surface area contributed by atoms with Gasteiger partial charge in [-0.1, -0.05) is 18.2 Å². The lowest BCUT2D eigenvalue weighted by Crippen LogP contribution is -2.38. The van der Waals surface area contributed by atoms with Crippen molar-refractivity contribution in [2.24, 2.45) is 0 Å². The predicted octanol–water partition coefficient (Wildman–Crippen LogP) is 4.20. The van der Waals surface area contributed by atoms with Crippen molar-refractivity contribution >= 4 is 33.0 Å². The maximum absolute atomic E-state index is 13.7. The fourth-order valence-corrected chi connectivity index (χ4v) is 6.17. The SMILES string of the molecule is O=C(CN1C(=O)CC(c2ccc3c(c2)OCO3)S(=O)(=O)c2ccccc21)Nc1ccc(OC(F)(F)F)cc1. The van der Waals surface area contributed by atoms with Gasteiger partial charge in [-0.25, -0.2) is 8.42 Å². The van der Waals surface area contributed by atoms with Gasteiger partial charge >= 0.3 is 6.36 Å². The fourth-order valence-electron chi connectivity index (χ4n) is 4.25. The monoisotopic (exact) mass is 548 g/mol. The quantitative estimate of drug-likeness (QED) is 0.509. The Morgan fingerprint density at radius 3 is 2.47 bits per heavy atom. The Bertz CT molecular complexity index is 1510. The number of benzene rings is 3. The molecule has 0 fully saturated rings. The number of nitrogens with one attached hydrogen (secondary N) is 1. The highest BCUT2D eigenvalue weighted by Crippen LogP contribution is 2.43. The van der Waals surface area contributed by atoms with Gasteiger partial charge in [-0.15, -0.1) is 13.2 Å². The van der Waals surface area contributed by atoms with Crippen LogP contribution < -0.4 is 24.4 Å². The Kier molecular flexibility index (Phi) is 6.39. The summed E-state index contributed by atoms with van der Waals surface area (Å²) in [6, 6.07) is 15.0. The molecule has 2 aliphatic heterocycles. The fraction of sp³-hybridized carbons (Fsp3) is 0.200. The third-order valence-electron chi connectivity index (χ3n) is 5.94. The summed E-state index contributed by atoms with van der Waals surface area (Å²) >= 11 is 0. The predicted molar refractivity (Wildman–Crippen MR) is 128 cm³/mol. The molecule has 5 rings (SSSR count). The molecular weight excluding hydrogens is 529 g/mol. The van der Waals surface area contributed by atoms with E-state index in [-0.39, 0.29) is 23.1 Å². The van der Waals surface area contributed by atoms with Crippen LogP contribution in [-0.2, 0) is 19.4 Å². The number of amides is 2. The average molecular weight is 548 g/mol. The normalized spacial score (nSPS) is 17.9. The van der Waals surface area contributed by atoms with Crippen LogP contribution in [0.15, 0.2) is 71.6 Å². The molecule has 9 nitrogen and oxygen atoms in total. The van der Waals surface area contributed by atoms with Crippen molar-refractivity contribution in [3.8, 4) is 17.2 Å². The number of para-hydroxylation sites is 1. The number of halogens is 3. The zero-order valence-electron chi connectivity index (χ0n) is 19.4. The molecule has 2 aliphatic rings. The smallest absolute Gasteiger partial charge is 0.454 e. The number of ether oxygens (including phenoxy) is 3. The molecule has 0 radical (unpaired) electrons. The van der Waals surface area contributed by atoms with E-state index in [9.17, 15) is 31.2 Å². The number of alkyl halides is 3. The highest BCUT2D eigenvalue weighted by molar-refractivity contribution is 7.92. The molecule has 38 heavy (non-hydrogen) atoms. The highest BCUT2D eigenvalue weighted by Gasteiger charge is 2.40. The first-order chi connectivity index (χ1) is 18.0. The van der Waals surface area contributed by atoms with E-state index in [2.05, 4.69) is 10.1 Å². The van der Waals surface area contributed by atoms with Crippen molar-refractivity contribution < 1.29 is 45.4 Å². The van der Waals surface area contributed by atoms with E-state index < -0.39 is 52.0 Å². The van der Waals surface area contributed by atoms with Crippen LogP contribution in [0.3, 0.4) is 0 Å². The maximum atomic E-state index is 13.7. The number of fused-ring (bicyclic) bond motifs is 2. The van der Waals surface area contributed by atoms with Gasteiger partial charge in [-0.3, -0.25) is 9.59 Å². The first-order valence-electron chi connectivity index (χ1n) is 11.2. The minimum Gasteiger partial charge on any atom is -0.454 e. The van der Waals surface area contributed by atoms with Crippen molar-refractivity contribution in [3.05, 3.63) is 72.3 Å². The average Bonchev–Trinajstić information content (AvgIpc) is 3.31. The Morgan fingerprint density at radius 2 is 1.74 bits per heavy atom. The molecule has 2 heterocycles. The van der Waals surface area contributed by atoms with Gasteiger partial charge in [0.1, 0.15) is 12.3 Å². The summed E-state index contributed by atoms with van der Waals surface area (Å²) in [6.07, 6.45) is -5.29. The first-order valence-corrected chi connectivity index (χ1v) is 12.7. The summed E-state index contributed by atoms with van der Waals surface area (Å²) < 4.78 is 78.9. The van der Waals surface area contributed by atoms with E-state index >= 15 is 0 Å². The molecule has 0 saturated heterocycles. The van der Waals surface area contributed by atoms with Crippen LogP contribution in [0.25, 0.3) is 0 Å². The lowest BCUT2D eigenvalue weighted by molar-refractivity contribution is -0.274. The lowest BCUT2D eigenvalue weighted by Gasteiger charge is -2.22. The largest absolute Gasteiger partial charge is 0.573 e. The Morgan fingerprint density at radius 1 is 1.03 bits per heavy atom. The van der Waals surface area contributed by atoms with Crippen LogP contribution in [0.2, 0.25) is 0 Å². The second-order valence-electron chi connectivity index (χ2n) is 8.42.